The number of rotatable bonds is 8. The van der Waals surface area contributed by atoms with E-state index in [4.69, 9.17) is 27.9 Å². The molecule has 3 amide bonds. The zero-order valence-electron chi connectivity index (χ0n) is 21.7. The molecule has 0 spiro atoms. The van der Waals surface area contributed by atoms with Crippen molar-refractivity contribution in [2.24, 2.45) is 0 Å². The summed E-state index contributed by atoms with van der Waals surface area (Å²) in [5.41, 5.74) is -0.0565. The van der Waals surface area contributed by atoms with Crippen LogP contribution in [0.3, 0.4) is 0 Å². The third-order valence-electron chi connectivity index (χ3n) is 6.63. The number of hydrogen-bond acceptors (Lipinski definition) is 6. The van der Waals surface area contributed by atoms with Crippen LogP contribution in [0.5, 0.6) is 0 Å². The molecule has 37 heavy (non-hydrogen) atoms. The highest BCUT2D eigenvalue weighted by atomic mass is 35.5. The Balaban J connectivity index is 1.73. The molecule has 0 aromatic heterocycles. The first kappa shape index (κ1) is 29.0. The van der Waals surface area contributed by atoms with Gasteiger partial charge in [0.2, 0.25) is 11.8 Å². The van der Waals surface area contributed by atoms with E-state index in [9.17, 15) is 19.6 Å². The van der Waals surface area contributed by atoms with Gasteiger partial charge in [-0.3, -0.25) is 9.59 Å². The molecule has 1 aromatic rings. The van der Waals surface area contributed by atoms with Crippen LogP contribution in [-0.2, 0) is 20.9 Å². The van der Waals surface area contributed by atoms with E-state index in [1.165, 1.54) is 4.90 Å². The van der Waals surface area contributed by atoms with Crippen molar-refractivity contribution in [3.63, 3.8) is 0 Å². The van der Waals surface area contributed by atoms with Crippen LogP contribution in [0.4, 0.5) is 4.79 Å². The normalized spacial score (nSPS) is 22.6. The Morgan fingerprint density at radius 1 is 1.27 bits per heavy atom. The molecule has 4 atom stereocenters. The maximum atomic E-state index is 13.4. The minimum absolute atomic E-state index is 0.0141. The van der Waals surface area contributed by atoms with E-state index in [1.807, 2.05) is 6.92 Å². The second kappa shape index (κ2) is 12.3. The molecule has 2 saturated heterocycles. The summed E-state index contributed by atoms with van der Waals surface area (Å²) in [6.45, 7) is 7.94. The smallest absolute Gasteiger partial charge is 0.408 e. The minimum atomic E-state index is -0.997. The number of likely N-dealkylation sites (tertiary alicyclic amines) is 2. The zero-order valence-corrected chi connectivity index (χ0v) is 23.2. The van der Waals surface area contributed by atoms with Crippen molar-refractivity contribution in [2.75, 3.05) is 13.1 Å². The van der Waals surface area contributed by atoms with Gasteiger partial charge in [-0.2, -0.15) is 5.26 Å². The van der Waals surface area contributed by atoms with Gasteiger partial charge in [0.1, 0.15) is 17.7 Å². The summed E-state index contributed by atoms with van der Waals surface area (Å²) >= 11 is 12.7. The molecule has 2 heterocycles. The van der Waals surface area contributed by atoms with Crippen molar-refractivity contribution in [3.8, 4) is 6.07 Å². The Morgan fingerprint density at radius 3 is 2.54 bits per heavy atom. The highest BCUT2D eigenvalue weighted by molar-refractivity contribution is 6.36. The molecular weight excluding hydrogens is 517 g/mol. The number of hydrogen-bond donors (Lipinski definition) is 2. The van der Waals surface area contributed by atoms with E-state index in [0.717, 1.165) is 12.8 Å². The number of nitriles is 1. The number of ether oxygens (including phenoxy) is 1. The van der Waals surface area contributed by atoms with Crippen LogP contribution in [0.25, 0.3) is 0 Å². The summed E-state index contributed by atoms with van der Waals surface area (Å²) in [6, 6.07) is 5.28. The van der Waals surface area contributed by atoms with Crippen molar-refractivity contribution >= 4 is 41.1 Å². The first-order chi connectivity index (χ1) is 17.4. The van der Waals surface area contributed by atoms with Crippen LogP contribution < -0.4 is 10.6 Å². The molecule has 0 aliphatic carbocycles. The quantitative estimate of drug-likeness (QED) is 0.506. The molecule has 0 bridgehead atoms. The minimum Gasteiger partial charge on any atom is -0.444 e. The number of amides is 3. The van der Waals surface area contributed by atoms with Crippen molar-refractivity contribution in [2.45, 2.75) is 89.7 Å². The van der Waals surface area contributed by atoms with E-state index in [0.29, 0.717) is 35.0 Å². The van der Waals surface area contributed by atoms with Crippen molar-refractivity contribution < 1.29 is 19.1 Å². The van der Waals surface area contributed by atoms with Crippen molar-refractivity contribution in [1.29, 1.82) is 5.26 Å². The fourth-order valence-corrected chi connectivity index (χ4v) is 5.29. The number of nitrogens with zero attached hydrogens (tertiary/aromatic N) is 3. The first-order valence-electron chi connectivity index (χ1n) is 12.6. The monoisotopic (exact) mass is 551 g/mol. The largest absolute Gasteiger partial charge is 0.444 e. The molecule has 2 aliphatic rings. The molecular formula is C26H35Cl2N5O4. The lowest BCUT2D eigenvalue weighted by molar-refractivity contribution is -0.134. The summed E-state index contributed by atoms with van der Waals surface area (Å²) in [6.07, 6.45) is 1.85. The Bertz CT molecular complexity index is 1030. The predicted molar refractivity (Wildman–Crippen MR) is 141 cm³/mol. The molecule has 2 aliphatic heterocycles. The second-order valence-corrected chi connectivity index (χ2v) is 11.3. The van der Waals surface area contributed by atoms with Gasteiger partial charge in [-0.05, 0) is 58.6 Å². The Kier molecular flexibility index (Phi) is 9.68. The molecule has 1 aromatic carbocycles. The van der Waals surface area contributed by atoms with Crippen LogP contribution in [0.2, 0.25) is 10.0 Å². The van der Waals surface area contributed by atoms with Gasteiger partial charge in [0.05, 0.1) is 12.1 Å². The molecule has 0 saturated carbocycles. The van der Waals surface area contributed by atoms with E-state index < -0.39 is 29.8 Å². The summed E-state index contributed by atoms with van der Waals surface area (Å²) in [5.74, 6) is -0.498. The maximum Gasteiger partial charge on any atom is 0.408 e. The van der Waals surface area contributed by atoms with E-state index in [2.05, 4.69) is 16.7 Å². The highest BCUT2D eigenvalue weighted by Crippen LogP contribution is 2.30. The van der Waals surface area contributed by atoms with E-state index in [-0.39, 0.29) is 30.9 Å². The van der Waals surface area contributed by atoms with Crippen LogP contribution in [-0.4, -0.2) is 70.6 Å². The maximum absolute atomic E-state index is 13.4. The molecule has 2 N–H and O–H groups in total. The summed E-state index contributed by atoms with van der Waals surface area (Å²) in [5, 5.41) is 16.3. The average Bonchev–Trinajstić information content (AvgIpc) is 3.42. The van der Waals surface area contributed by atoms with Crippen LogP contribution in [0, 0.1) is 11.3 Å². The standard InChI is InChI=1S/C26H35Cl2N5O4/c1-5-16-12-21(23(34)33(16)15-18-19(27)9-6-10-20(18)28)30-14-22(31-25(36)37-26(2,3)4)24(35)32-11-7-8-17(32)13-29/h6,9-10,16-17,21-22,30H,5,7-8,11-12,14-15H2,1-4H3,(H,31,36)/t16-,17?,21+,22?/m1/s1. The van der Waals surface area contributed by atoms with Gasteiger partial charge in [0.15, 0.2) is 0 Å². The molecule has 2 fully saturated rings. The lowest BCUT2D eigenvalue weighted by Crippen LogP contribution is -2.56. The third kappa shape index (κ3) is 7.28. The molecule has 3 rings (SSSR count). The Labute approximate surface area is 228 Å². The third-order valence-corrected chi connectivity index (χ3v) is 7.34. The second-order valence-electron chi connectivity index (χ2n) is 10.4. The van der Waals surface area contributed by atoms with Gasteiger partial charge < -0.3 is 25.2 Å². The molecule has 2 unspecified atom stereocenters. The number of nitrogens with one attached hydrogen (secondary N) is 2. The number of benzene rings is 1. The molecule has 202 valence electrons. The van der Waals surface area contributed by atoms with Gasteiger partial charge in [0.25, 0.3) is 0 Å². The van der Waals surface area contributed by atoms with Crippen LogP contribution >= 0.6 is 23.2 Å². The Hall–Kier alpha value is -2.54. The Morgan fingerprint density at radius 2 is 1.95 bits per heavy atom. The summed E-state index contributed by atoms with van der Waals surface area (Å²) < 4.78 is 5.35. The number of halogens is 2. The SMILES string of the molecule is CC[C@@H]1C[C@H](NCC(NC(=O)OC(C)(C)C)C(=O)N2CCCC2C#N)C(=O)N1Cc1c(Cl)cccc1Cl. The van der Waals surface area contributed by atoms with E-state index in [1.54, 1.807) is 43.9 Å². The molecule has 9 nitrogen and oxygen atoms in total. The average molecular weight is 553 g/mol. The van der Waals surface area contributed by atoms with Crippen LogP contribution in [0.15, 0.2) is 18.2 Å². The van der Waals surface area contributed by atoms with Gasteiger partial charge in [0, 0.05) is 41.3 Å². The number of carbonyl (C=O) groups is 3. The number of carbonyl (C=O) groups excluding carboxylic acids is 3. The zero-order chi connectivity index (χ0) is 27.3. The highest BCUT2D eigenvalue weighted by Gasteiger charge is 2.40. The van der Waals surface area contributed by atoms with Crippen LogP contribution in [0.1, 0.15) is 58.9 Å². The fraction of sp³-hybridized carbons (Fsp3) is 0.615. The molecule has 11 heteroatoms. The van der Waals surface area contributed by atoms with E-state index >= 15 is 0 Å². The first-order valence-corrected chi connectivity index (χ1v) is 13.4. The summed E-state index contributed by atoms with van der Waals surface area (Å²) in [4.78, 5) is 42.5. The molecule has 0 radical (unpaired) electrons. The van der Waals surface area contributed by atoms with Gasteiger partial charge in [-0.1, -0.05) is 36.2 Å². The van der Waals surface area contributed by atoms with Gasteiger partial charge in [-0.15, -0.1) is 0 Å². The van der Waals surface area contributed by atoms with Gasteiger partial charge >= 0.3 is 6.09 Å². The van der Waals surface area contributed by atoms with Crippen molar-refractivity contribution in [3.05, 3.63) is 33.8 Å². The topological polar surface area (TPSA) is 115 Å². The predicted octanol–water partition coefficient (Wildman–Crippen LogP) is 3.87. The number of alkyl carbamates (subject to hydrolysis) is 1. The lowest BCUT2D eigenvalue weighted by Gasteiger charge is -2.28. The van der Waals surface area contributed by atoms with Gasteiger partial charge in [-0.25, -0.2) is 4.79 Å². The fourth-order valence-electron chi connectivity index (χ4n) is 4.77. The lowest BCUT2D eigenvalue weighted by atomic mass is 10.1. The summed E-state index contributed by atoms with van der Waals surface area (Å²) in [7, 11) is 0. The van der Waals surface area contributed by atoms with Crippen molar-refractivity contribution in [1.82, 2.24) is 20.4 Å².